The molecule has 0 radical (unpaired) electrons. The largest absolute Gasteiger partial charge is 0.379 e. The summed E-state index contributed by atoms with van der Waals surface area (Å²) in [5, 5.41) is 3.35. The molecule has 6 nitrogen and oxygen atoms in total. The first-order chi connectivity index (χ1) is 13.7. The Labute approximate surface area is 163 Å². The second-order valence-electron chi connectivity index (χ2n) is 6.96. The van der Waals surface area contributed by atoms with Gasteiger partial charge in [-0.15, -0.1) is 0 Å². The standard InChI is InChI=1S/C22H23N3O3/c26-21-18-3-1-2-4-20(18)23-14-19(21)22(27)24-13-16-5-7-17(8-6-16)15-25-9-11-28-12-10-25/h1-8,14H,9-13,15H2,(H,23,26)(H,24,27). The molecule has 144 valence electrons. The predicted octanol–water partition coefficient (Wildman–Crippen LogP) is 2.29. The van der Waals surface area contributed by atoms with Crippen molar-refractivity contribution >= 4 is 16.8 Å². The monoisotopic (exact) mass is 377 g/mol. The van der Waals surface area contributed by atoms with Gasteiger partial charge >= 0.3 is 0 Å². The molecule has 2 heterocycles. The number of carbonyl (C=O) groups excluding carboxylic acids is 1. The molecule has 1 aliphatic heterocycles. The van der Waals surface area contributed by atoms with Crippen molar-refractivity contribution in [1.29, 1.82) is 0 Å². The molecule has 1 aromatic heterocycles. The van der Waals surface area contributed by atoms with E-state index < -0.39 is 0 Å². The molecule has 0 atom stereocenters. The molecule has 28 heavy (non-hydrogen) atoms. The number of amides is 1. The smallest absolute Gasteiger partial charge is 0.257 e. The minimum atomic E-state index is -0.371. The van der Waals surface area contributed by atoms with Crippen LogP contribution in [-0.2, 0) is 17.8 Å². The van der Waals surface area contributed by atoms with Crippen molar-refractivity contribution in [2.45, 2.75) is 13.1 Å². The van der Waals surface area contributed by atoms with Crippen LogP contribution in [0.5, 0.6) is 0 Å². The van der Waals surface area contributed by atoms with E-state index in [1.165, 1.54) is 11.8 Å². The lowest BCUT2D eigenvalue weighted by Crippen LogP contribution is -2.35. The lowest BCUT2D eigenvalue weighted by Gasteiger charge is -2.26. The van der Waals surface area contributed by atoms with Crippen LogP contribution in [0.2, 0.25) is 0 Å². The van der Waals surface area contributed by atoms with E-state index in [-0.39, 0.29) is 16.9 Å². The van der Waals surface area contributed by atoms with Crippen molar-refractivity contribution < 1.29 is 9.53 Å². The first kappa shape index (κ1) is 18.4. The van der Waals surface area contributed by atoms with Gasteiger partial charge in [-0.3, -0.25) is 14.5 Å². The van der Waals surface area contributed by atoms with Gasteiger partial charge in [-0.1, -0.05) is 36.4 Å². The average molecular weight is 377 g/mol. The molecule has 0 aliphatic carbocycles. The predicted molar refractivity (Wildman–Crippen MR) is 108 cm³/mol. The van der Waals surface area contributed by atoms with Gasteiger partial charge in [0.15, 0.2) is 0 Å². The van der Waals surface area contributed by atoms with Gasteiger partial charge in [0.05, 0.1) is 13.2 Å². The average Bonchev–Trinajstić information content (AvgIpc) is 2.74. The maximum Gasteiger partial charge on any atom is 0.257 e. The quantitative estimate of drug-likeness (QED) is 0.715. The lowest BCUT2D eigenvalue weighted by molar-refractivity contribution is 0.0342. The van der Waals surface area contributed by atoms with E-state index in [4.69, 9.17) is 4.74 Å². The number of ether oxygens (including phenoxy) is 1. The van der Waals surface area contributed by atoms with E-state index in [1.807, 2.05) is 24.3 Å². The zero-order valence-corrected chi connectivity index (χ0v) is 15.6. The van der Waals surface area contributed by atoms with Crippen molar-refractivity contribution in [2.24, 2.45) is 0 Å². The molecule has 0 unspecified atom stereocenters. The van der Waals surface area contributed by atoms with Crippen LogP contribution < -0.4 is 10.7 Å². The number of hydrogen-bond acceptors (Lipinski definition) is 4. The molecule has 0 spiro atoms. The number of carbonyl (C=O) groups is 1. The van der Waals surface area contributed by atoms with Gasteiger partial charge in [-0.25, -0.2) is 0 Å². The summed E-state index contributed by atoms with van der Waals surface area (Å²) in [5.41, 5.74) is 2.83. The third kappa shape index (κ3) is 4.13. The Kier molecular flexibility index (Phi) is 5.50. The fourth-order valence-corrected chi connectivity index (χ4v) is 3.39. The normalized spacial score (nSPS) is 14.9. The van der Waals surface area contributed by atoms with Crippen LogP contribution in [0.15, 0.2) is 59.5 Å². The highest BCUT2D eigenvalue weighted by Gasteiger charge is 2.13. The minimum Gasteiger partial charge on any atom is -0.379 e. The lowest BCUT2D eigenvalue weighted by atomic mass is 10.1. The van der Waals surface area contributed by atoms with Gasteiger partial charge < -0.3 is 15.0 Å². The number of para-hydroxylation sites is 1. The Bertz CT molecular complexity index is 1020. The maximum atomic E-state index is 12.5. The van der Waals surface area contributed by atoms with Crippen LogP contribution in [0.1, 0.15) is 21.5 Å². The fourth-order valence-electron chi connectivity index (χ4n) is 3.39. The summed E-state index contributed by atoms with van der Waals surface area (Å²) in [7, 11) is 0. The molecule has 1 saturated heterocycles. The van der Waals surface area contributed by atoms with E-state index in [0.717, 1.165) is 43.9 Å². The number of fused-ring (bicyclic) bond motifs is 1. The highest BCUT2D eigenvalue weighted by atomic mass is 16.5. The second-order valence-corrected chi connectivity index (χ2v) is 6.96. The van der Waals surface area contributed by atoms with Crippen molar-refractivity contribution in [2.75, 3.05) is 26.3 Å². The van der Waals surface area contributed by atoms with Crippen LogP contribution in [0, 0.1) is 0 Å². The van der Waals surface area contributed by atoms with Gasteiger partial charge in [0.1, 0.15) is 5.56 Å². The minimum absolute atomic E-state index is 0.127. The zero-order valence-electron chi connectivity index (χ0n) is 15.6. The molecule has 6 heteroatoms. The molecule has 0 saturated carbocycles. The van der Waals surface area contributed by atoms with Crippen LogP contribution in [0.3, 0.4) is 0 Å². The number of aromatic amines is 1. The molecule has 3 aromatic rings. The Morgan fingerprint density at radius 1 is 1.04 bits per heavy atom. The van der Waals surface area contributed by atoms with Gasteiger partial charge in [0.25, 0.3) is 5.91 Å². The third-order valence-electron chi connectivity index (χ3n) is 5.02. The van der Waals surface area contributed by atoms with Crippen LogP contribution in [0.25, 0.3) is 10.9 Å². The molecule has 1 amide bonds. The van der Waals surface area contributed by atoms with Crippen LogP contribution >= 0.6 is 0 Å². The van der Waals surface area contributed by atoms with Crippen molar-refractivity contribution in [3.05, 3.63) is 81.6 Å². The Balaban J connectivity index is 1.38. The van der Waals surface area contributed by atoms with E-state index in [2.05, 4.69) is 27.3 Å². The number of rotatable bonds is 5. The molecule has 1 fully saturated rings. The Morgan fingerprint density at radius 3 is 2.54 bits per heavy atom. The summed E-state index contributed by atoms with van der Waals surface area (Å²) in [6, 6.07) is 15.4. The van der Waals surface area contributed by atoms with Crippen molar-refractivity contribution in [3.8, 4) is 0 Å². The van der Waals surface area contributed by atoms with Gasteiger partial charge in [-0.2, -0.15) is 0 Å². The summed E-state index contributed by atoms with van der Waals surface area (Å²) in [5.74, 6) is -0.371. The topological polar surface area (TPSA) is 74.4 Å². The molecule has 0 bridgehead atoms. The van der Waals surface area contributed by atoms with Gasteiger partial charge in [0, 0.05) is 43.3 Å². The molecule has 2 N–H and O–H groups in total. The SMILES string of the molecule is O=C(NCc1ccc(CN2CCOCC2)cc1)c1c[nH]c2ccccc2c1=O. The fraction of sp³-hybridized carbons (Fsp3) is 0.273. The van der Waals surface area contributed by atoms with Gasteiger partial charge in [-0.05, 0) is 23.3 Å². The first-order valence-electron chi connectivity index (χ1n) is 9.47. The summed E-state index contributed by atoms with van der Waals surface area (Å²) in [6.45, 7) is 4.78. The Hall–Kier alpha value is -2.96. The molecular weight excluding hydrogens is 354 g/mol. The van der Waals surface area contributed by atoms with Crippen LogP contribution in [-0.4, -0.2) is 42.1 Å². The second kappa shape index (κ2) is 8.37. The van der Waals surface area contributed by atoms with E-state index in [1.54, 1.807) is 12.1 Å². The third-order valence-corrected chi connectivity index (χ3v) is 5.02. The maximum absolute atomic E-state index is 12.5. The molecular formula is C22H23N3O3. The molecule has 1 aliphatic rings. The highest BCUT2D eigenvalue weighted by Crippen LogP contribution is 2.10. The summed E-state index contributed by atoms with van der Waals surface area (Å²) in [6.07, 6.45) is 1.48. The number of pyridine rings is 1. The highest BCUT2D eigenvalue weighted by molar-refractivity contribution is 5.97. The van der Waals surface area contributed by atoms with E-state index in [9.17, 15) is 9.59 Å². The first-order valence-corrected chi connectivity index (χ1v) is 9.47. The Morgan fingerprint density at radius 2 is 1.75 bits per heavy atom. The zero-order chi connectivity index (χ0) is 19.3. The number of nitrogens with zero attached hydrogens (tertiary/aromatic N) is 1. The van der Waals surface area contributed by atoms with Crippen molar-refractivity contribution in [3.63, 3.8) is 0 Å². The number of hydrogen-bond donors (Lipinski definition) is 2. The number of nitrogens with one attached hydrogen (secondary N) is 2. The summed E-state index contributed by atoms with van der Waals surface area (Å²) < 4.78 is 5.37. The molecule has 4 rings (SSSR count). The summed E-state index contributed by atoms with van der Waals surface area (Å²) >= 11 is 0. The van der Waals surface area contributed by atoms with E-state index in [0.29, 0.717) is 11.9 Å². The van der Waals surface area contributed by atoms with E-state index >= 15 is 0 Å². The molecule has 2 aromatic carbocycles. The summed E-state index contributed by atoms with van der Waals surface area (Å²) in [4.78, 5) is 30.4. The number of morpholine rings is 1. The number of benzene rings is 2. The number of aromatic nitrogens is 1. The van der Waals surface area contributed by atoms with Crippen molar-refractivity contribution in [1.82, 2.24) is 15.2 Å². The van der Waals surface area contributed by atoms with Crippen LogP contribution in [0.4, 0.5) is 0 Å². The number of H-pyrrole nitrogens is 1. The van der Waals surface area contributed by atoms with Gasteiger partial charge in [0.2, 0.25) is 5.43 Å².